The van der Waals surface area contributed by atoms with Crippen LogP contribution in [0.1, 0.15) is 58.3 Å². The second kappa shape index (κ2) is 6.55. The van der Waals surface area contributed by atoms with Gasteiger partial charge in [-0.15, -0.1) is 0 Å². The van der Waals surface area contributed by atoms with Gasteiger partial charge in [-0.3, -0.25) is 4.79 Å². The van der Waals surface area contributed by atoms with Gasteiger partial charge < -0.3 is 10.0 Å². The zero-order valence-corrected chi connectivity index (χ0v) is 11.6. The maximum Gasteiger partial charge on any atom is 0.303 e. The molecular formula is C15H27NO2. The van der Waals surface area contributed by atoms with Crippen LogP contribution in [0.5, 0.6) is 0 Å². The summed E-state index contributed by atoms with van der Waals surface area (Å²) < 4.78 is 0. The normalized spacial score (nSPS) is 34.4. The number of carboxylic acids is 1. The predicted octanol–water partition coefficient (Wildman–Crippen LogP) is 3.14. The van der Waals surface area contributed by atoms with Crippen molar-refractivity contribution in [1.82, 2.24) is 4.90 Å². The molecule has 1 N–H and O–H groups in total. The molecule has 3 heteroatoms. The summed E-state index contributed by atoms with van der Waals surface area (Å²) in [6.45, 7) is 4.75. The summed E-state index contributed by atoms with van der Waals surface area (Å²) >= 11 is 0. The largest absolute Gasteiger partial charge is 0.481 e. The number of aliphatic carboxylic acids is 1. The van der Waals surface area contributed by atoms with E-state index in [2.05, 4.69) is 11.8 Å². The molecule has 104 valence electrons. The van der Waals surface area contributed by atoms with Crippen LogP contribution in [0, 0.1) is 11.8 Å². The Hall–Kier alpha value is -0.570. The van der Waals surface area contributed by atoms with Crippen LogP contribution in [0.25, 0.3) is 0 Å². The zero-order valence-electron chi connectivity index (χ0n) is 11.6. The maximum atomic E-state index is 10.7. The third-order valence-electron chi connectivity index (χ3n) is 4.74. The lowest BCUT2D eigenvalue weighted by atomic mass is 9.84. The molecule has 2 fully saturated rings. The van der Waals surface area contributed by atoms with E-state index in [0.29, 0.717) is 12.3 Å². The highest BCUT2D eigenvalue weighted by Crippen LogP contribution is 2.31. The lowest BCUT2D eigenvalue weighted by molar-refractivity contribution is -0.137. The van der Waals surface area contributed by atoms with Gasteiger partial charge in [-0.1, -0.05) is 19.8 Å². The monoisotopic (exact) mass is 253 g/mol. The van der Waals surface area contributed by atoms with Crippen LogP contribution in [0.4, 0.5) is 0 Å². The van der Waals surface area contributed by atoms with Crippen molar-refractivity contribution in [3.63, 3.8) is 0 Å². The third kappa shape index (κ3) is 3.98. The van der Waals surface area contributed by atoms with E-state index in [4.69, 9.17) is 5.11 Å². The van der Waals surface area contributed by atoms with Gasteiger partial charge in [-0.05, 0) is 50.5 Å². The molecule has 0 aromatic heterocycles. The first-order valence-electron chi connectivity index (χ1n) is 7.61. The Morgan fingerprint density at radius 1 is 1.28 bits per heavy atom. The van der Waals surface area contributed by atoms with Crippen molar-refractivity contribution in [1.29, 1.82) is 0 Å². The summed E-state index contributed by atoms with van der Waals surface area (Å²) in [5.74, 6) is 0.855. The van der Waals surface area contributed by atoms with Gasteiger partial charge in [0.15, 0.2) is 0 Å². The van der Waals surface area contributed by atoms with Gasteiger partial charge in [-0.25, -0.2) is 0 Å². The number of hydrogen-bond acceptors (Lipinski definition) is 2. The molecule has 1 saturated carbocycles. The van der Waals surface area contributed by atoms with Crippen LogP contribution >= 0.6 is 0 Å². The highest BCUT2D eigenvalue weighted by molar-refractivity contribution is 5.66. The van der Waals surface area contributed by atoms with Crippen LogP contribution in [0.3, 0.4) is 0 Å². The molecule has 3 nitrogen and oxygen atoms in total. The van der Waals surface area contributed by atoms with Crippen LogP contribution in [0.2, 0.25) is 0 Å². The average molecular weight is 253 g/mol. The van der Waals surface area contributed by atoms with Crippen molar-refractivity contribution < 1.29 is 9.90 Å². The van der Waals surface area contributed by atoms with Crippen molar-refractivity contribution >= 4 is 5.97 Å². The minimum absolute atomic E-state index is 0.347. The first-order chi connectivity index (χ1) is 8.65. The van der Waals surface area contributed by atoms with Gasteiger partial charge in [0.25, 0.3) is 0 Å². The van der Waals surface area contributed by atoms with Gasteiger partial charge in [-0.2, -0.15) is 0 Å². The molecule has 0 amide bonds. The Bertz CT molecular complexity index is 280. The second-order valence-electron chi connectivity index (χ2n) is 6.36. The fourth-order valence-electron chi connectivity index (χ4n) is 3.73. The molecule has 1 heterocycles. The summed E-state index contributed by atoms with van der Waals surface area (Å²) in [7, 11) is 0. The zero-order chi connectivity index (χ0) is 13.0. The van der Waals surface area contributed by atoms with Gasteiger partial charge in [0.2, 0.25) is 0 Å². The minimum Gasteiger partial charge on any atom is -0.481 e. The number of piperidine rings is 1. The molecule has 0 bridgehead atoms. The molecule has 2 rings (SSSR count). The van der Waals surface area contributed by atoms with Gasteiger partial charge in [0.1, 0.15) is 0 Å². The van der Waals surface area contributed by atoms with E-state index in [1.165, 1.54) is 45.1 Å². The van der Waals surface area contributed by atoms with E-state index in [9.17, 15) is 4.79 Å². The summed E-state index contributed by atoms with van der Waals surface area (Å²) in [5, 5.41) is 8.78. The van der Waals surface area contributed by atoms with Gasteiger partial charge >= 0.3 is 5.97 Å². The predicted molar refractivity (Wildman–Crippen MR) is 72.6 cm³/mol. The molecule has 1 aliphatic carbocycles. The summed E-state index contributed by atoms with van der Waals surface area (Å²) in [6.07, 6.45) is 9.19. The molecule has 1 saturated heterocycles. The molecule has 0 spiro atoms. The smallest absolute Gasteiger partial charge is 0.303 e. The first kappa shape index (κ1) is 13.9. The van der Waals surface area contributed by atoms with Crippen LogP contribution in [-0.4, -0.2) is 35.1 Å². The van der Waals surface area contributed by atoms with Crippen molar-refractivity contribution in [2.75, 3.05) is 13.1 Å². The van der Waals surface area contributed by atoms with E-state index < -0.39 is 5.97 Å². The van der Waals surface area contributed by atoms with Gasteiger partial charge in [0, 0.05) is 19.0 Å². The molecule has 18 heavy (non-hydrogen) atoms. The van der Waals surface area contributed by atoms with Crippen molar-refractivity contribution in [2.45, 2.75) is 64.3 Å². The van der Waals surface area contributed by atoms with E-state index >= 15 is 0 Å². The minimum atomic E-state index is -0.640. The molecule has 3 unspecified atom stereocenters. The number of nitrogens with zero attached hydrogens (tertiary/aromatic N) is 1. The molecule has 3 atom stereocenters. The highest BCUT2D eigenvalue weighted by Gasteiger charge is 2.28. The van der Waals surface area contributed by atoms with Crippen molar-refractivity contribution in [3.8, 4) is 0 Å². The van der Waals surface area contributed by atoms with Gasteiger partial charge in [0.05, 0.1) is 0 Å². The number of hydrogen-bond donors (Lipinski definition) is 1. The Morgan fingerprint density at radius 3 is 2.83 bits per heavy atom. The summed E-state index contributed by atoms with van der Waals surface area (Å²) in [4.78, 5) is 13.3. The Morgan fingerprint density at radius 2 is 2.11 bits per heavy atom. The van der Waals surface area contributed by atoms with E-state index in [1.54, 1.807) is 0 Å². The fraction of sp³-hybridized carbons (Fsp3) is 0.933. The molecule has 0 radical (unpaired) electrons. The Kier molecular flexibility index (Phi) is 5.04. The second-order valence-corrected chi connectivity index (χ2v) is 6.36. The standard InChI is InChI=1S/C15H27NO2/c1-12-4-2-6-14(10-12)16-9-3-5-13(11-16)7-8-15(17)18/h12-14H,2-11H2,1H3,(H,17,18). The van der Waals surface area contributed by atoms with E-state index in [-0.39, 0.29) is 0 Å². The summed E-state index contributed by atoms with van der Waals surface area (Å²) in [6, 6.07) is 0.779. The fourth-order valence-corrected chi connectivity index (χ4v) is 3.73. The first-order valence-corrected chi connectivity index (χ1v) is 7.61. The van der Waals surface area contributed by atoms with Crippen LogP contribution in [-0.2, 0) is 4.79 Å². The summed E-state index contributed by atoms with van der Waals surface area (Å²) in [5.41, 5.74) is 0. The van der Waals surface area contributed by atoms with Crippen molar-refractivity contribution in [3.05, 3.63) is 0 Å². The number of carboxylic acid groups (broad SMARTS) is 1. The van der Waals surface area contributed by atoms with E-state index in [0.717, 1.165) is 24.9 Å². The number of carbonyl (C=O) groups is 1. The molecule has 2 aliphatic rings. The molecule has 1 aliphatic heterocycles. The van der Waals surface area contributed by atoms with Crippen molar-refractivity contribution in [2.24, 2.45) is 11.8 Å². The molecule has 0 aromatic carbocycles. The Balaban J connectivity index is 1.80. The third-order valence-corrected chi connectivity index (χ3v) is 4.74. The quantitative estimate of drug-likeness (QED) is 0.836. The lowest BCUT2D eigenvalue weighted by Gasteiger charge is -2.41. The maximum absolute atomic E-state index is 10.7. The SMILES string of the molecule is CC1CCCC(N2CCCC(CCC(=O)O)C2)C1. The average Bonchev–Trinajstić information content (AvgIpc) is 2.37. The van der Waals surface area contributed by atoms with E-state index in [1.807, 2.05) is 0 Å². The number of likely N-dealkylation sites (tertiary alicyclic amines) is 1. The molecular weight excluding hydrogens is 226 g/mol. The lowest BCUT2D eigenvalue weighted by Crippen LogP contribution is -2.44. The molecule has 0 aromatic rings. The number of rotatable bonds is 4. The van der Waals surface area contributed by atoms with Crippen LogP contribution in [0.15, 0.2) is 0 Å². The Labute approximate surface area is 111 Å². The topological polar surface area (TPSA) is 40.5 Å². The highest BCUT2D eigenvalue weighted by atomic mass is 16.4. The van der Waals surface area contributed by atoms with Crippen LogP contribution < -0.4 is 0 Å².